The molecule has 0 saturated heterocycles. The number of methoxy groups -OCH3 is 1. The lowest BCUT2D eigenvalue weighted by atomic mass is 10.1. The highest BCUT2D eigenvalue weighted by molar-refractivity contribution is 5.77. The SMILES string of the molecule is COc1cc(-c2cnc3ccccc3n2)ccc1O. The van der Waals surface area contributed by atoms with Crippen LogP contribution >= 0.6 is 0 Å². The van der Waals surface area contributed by atoms with Crippen molar-refractivity contribution in [2.45, 2.75) is 0 Å². The number of rotatable bonds is 2. The highest BCUT2D eigenvalue weighted by Gasteiger charge is 2.06. The Balaban J connectivity index is 2.13. The van der Waals surface area contributed by atoms with Crippen LogP contribution in [0.5, 0.6) is 11.5 Å². The Morgan fingerprint density at radius 1 is 1.05 bits per heavy atom. The molecule has 0 fully saturated rings. The van der Waals surface area contributed by atoms with Crippen LogP contribution in [0.2, 0.25) is 0 Å². The van der Waals surface area contributed by atoms with Crippen LogP contribution in [0.3, 0.4) is 0 Å². The van der Waals surface area contributed by atoms with Gasteiger partial charge in [-0.3, -0.25) is 4.98 Å². The number of ether oxygens (including phenoxy) is 1. The van der Waals surface area contributed by atoms with E-state index in [0.29, 0.717) is 5.75 Å². The first-order valence-electron chi connectivity index (χ1n) is 5.87. The van der Waals surface area contributed by atoms with E-state index in [9.17, 15) is 5.11 Å². The standard InChI is InChI=1S/C15H12N2O2/c1-19-15-8-10(6-7-14(15)18)13-9-16-11-4-2-3-5-12(11)17-13/h2-9,18H,1H3. The molecule has 0 unspecified atom stereocenters. The Bertz CT molecular complexity index is 741. The number of hydrogen-bond acceptors (Lipinski definition) is 4. The Kier molecular flexibility index (Phi) is 2.76. The molecule has 0 aliphatic rings. The topological polar surface area (TPSA) is 55.2 Å². The lowest BCUT2D eigenvalue weighted by molar-refractivity contribution is 0.373. The second-order valence-electron chi connectivity index (χ2n) is 4.13. The molecule has 0 atom stereocenters. The summed E-state index contributed by atoms with van der Waals surface area (Å²) in [5.74, 6) is 0.535. The lowest BCUT2D eigenvalue weighted by Gasteiger charge is -2.06. The number of phenols is 1. The van der Waals surface area contributed by atoms with Crippen molar-refractivity contribution in [1.82, 2.24) is 9.97 Å². The number of phenolic OH excluding ortho intramolecular Hbond substituents is 1. The van der Waals surface area contributed by atoms with E-state index >= 15 is 0 Å². The van der Waals surface area contributed by atoms with Gasteiger partial charge in [-0.1, -0.05) is 12.1 Å². The highest BCUT2D eigenvalue weighted by atomic mass is 16.5. The van der Waals surface area contributed by atoms with E-state index < -0.39 is 0 Å². The van der Waals surface area contributed by atoms with Crippen LogP contribution in [-0.2, 0) is 0 Å². The molecular weight excluding hydrogens is 240 g/mol. The van der Waals surface area contributed by atoms with Gasteiger partial charge in [-0.2, -0.15) is 0 Å². The number of aromatic hydroxyl groups is 1. The minimum atomic E-state index is 0.111. The fraction of sp³-hybridized carbons (Fsp3) is 0.0667. The van der Waals surface area contributed by atoms with Gasteiger partial charge < -0.3 is 9.84 Å². The molecule has 0 radical (unpaired) electrons. The summed E-state index contributed by atoms with van der Waals surface area (Å²) in [7, 11) is 1.52. The predicted molar refractivity (Wildman–Crippen MR) is 73.2 cm³/mol. The molecule has 1 heterocycles. The molecule has 0 aliphatic heterocycles. The molecule has 0 spiro atoms. The van der Waals surface area contributed by atoms with Gasteiger partial charge in [-0.05, 0) is 30.3 Å². The zero-order valence-corrected chi connectivity index (χ0v) is 10.4. The highest BCUT2D eigenvalue weighted by Crippen LogP contribution is 2.30. The fourth-order valence-electron chi connectivity index (χ4n) is 1.93. The Hall–Kier alpha value is -2.62. The monoisotopic (exact) mass is 252 g/mol. The van der Waals surface area contributed by atoms with Crippen molar-refractivity contribution in [2.75, 3.05) is 7.11 Å². The quantitative estimate of drug-likeness (QED) is 0.761. The van der Waals surface area contributed by atoms with Crippen LogP contribution in [0, 0.1) is 0 Å². The van der Waals surface area contributed by atoms with Crippen LogP contribution < -0.4 is 4.74 Å². The third-order valence-corrected chi connectivity index (χ3v) is 2.92. The zero-order chi connectivity index (χ0) is 13.2. The van der Waals surface area contributed by atoms with Crippen molar-refractivity contribution in [3.8, 4) is 22.8 Å². The number of aromatic nitrogens is 2. The molecule has 3 aromatic rings. The Morgan fingerprint density at radius 2 is 1.84 bits per heavy atom. The second kappa shape index (κ2) is 4.57. The van der Waals surface area contributed by atoms with Gasteiger partial charge in [-0.25, -0.2) is 4.98 Å². The number of hydrogen-bond donors (Lipinski definition) is 1. The maximum atomic E-state index is 9.59. The van der Waals surface area contributed by atoms with Crippen molar-refractivity contribution in [1.29, 1.82) is 0 Å². The number of nitrogens with zero attached hydrogens (tertiary/aromatic N) is 2. The molecular formula is C15H12N2O2. The van der Waals surface area contributed by atoms with Crippen molar-refractivity contribution in [3.05, 3.63) is 48.7 Å². The molecule has 0 aliphatic carbocycles. The summed E-state index contributed by atoms with van der Waals surface area (Å²) in [4.78, 5) is 8.92. The molecule has 0 amide bonds. The molecule has 4 nitrogen and oxygen atoms in total. The molecule has 19 heavy (non-hydrogen) atoms. The molecule has 0 saturated carbocycles. The average Bonchev–Trinajstić information content (AvgIpc) is 2.47. The lowest BCUT2D eigenvalue weighted by Crippen LogP contribution is -1.90. The Labute approximate surface area is 110 Å². The van der Waals surface area contributed by atoms with Crippen molar-refractivity contribution in [3.63, 3.8) is 0 Å². The minimum absolute atomic E-state index is 0.111. The van der Waals surface area contributed by atoms with Crippen molar-refractivity contribution >= 4 is 11.0 Å². The minimum Gasteiger partial charge on any atom is -0.504 e. The average molecular weight is 252 g/mol. The summed E-state index contributed by atoms with van der Waals surface area (Å²) < 4.78 is 5.10. The van der Waals surface area contributed by atoms with Gasteiger partial charge in [0.2, 0.25) is 0 Å². The van der Waals surface area contributed by atoms with Crippen LogP contribution in [0.25, 0.3) is 22.3 Å². The van der Waals surface area contributed by atoms with E-state index in [1.165, 1.54) is 7.11 Å². The first kappa shape index (κ1) is 11.5. The van der Waals surface area contributed by atoms with Gasteiger partial charge in [0, 0.05) is 5.56 Å². The van der Waals surface area contributed by atoms with E-state index in [4.69, 9.17) is 4.74 Å². The van der Waals surface area contributed by atoms with E-state index in [1.54, 1.807) is 24.4 Å². The number of fused-ring (bicyclic) bond motifs is 1. The van der Waals surface area contributed by atoms with Gasteiger partial charge in [0.25, 0.3) is 0 Å². The smallest absolute Gasteiger partial charge is 0.161 e. The van der Waals surface area contributed by atoms with E-state index in [-0.39, 0.29) is 5.75 Å². The normalized spacial score (nSPS) is 10.6. The first-order valence-corrected chi connectivity index (χ1v) is 5.87. The summed E-state index contributed by atoms with van der Waals surface area (Å²) in [6.45, 7) is 0. The molecule has 4 heteroatoms. The van der Waals surface area contributed by atoms with Crippen molar-refractivity contribution < 1.29 is 9.84 Å². The van der Waals surface area contributed by atoms with Gasteiger partial charge >= 0.3 is 0 Å². The maximum absolute atomic E-state index is 9.59. The predicted octanol–water partition coefficient (Wildman–Crippen LogP) is 3.01. The third-order valence-electron chi connectivity index (χ3n) is 2.92. The number of para-hydroxylation sites is 2. The second-order valence-corrected chi connectivity index (χ2v) is 4.13. The summed E-state index contributed by atoms with van der Waals surface area (Å²) in [6.07, 6.45) is 1.72. The number of benzene rings is 2. The van der Waals surface area contributed by atoms with Gasteiger partial charge in [0.15, 0.2) is 11.5 Å². The van der Waals surface area contributed by atoms with Gasteiger partial charge in [-0.15, -0.1) is 0 Å². The van der Waals surface area contributed by atoms with Crippen LogP contribution in [-0.4, -0.2) is 22.2 Å². The zero-order valence-electron chi connectivity index (χ0n) is 10.4. The summed E-state index contributed by atoms with van der Waals surface area (Å²) in [5.41, 5.74) is 3.30. The molecule has 1 aromatic heterocycles. The van der Waals surface area contributed by atoms with Crippen LogP contribution in [0.4, 0.5) is 0 Å². The maximum Gasteiger partial charge on any atom is 0.161 e. The van der Waals surface area contributed by atoms with Crippen LogP contribution in [0.1, 0.15) is 0 Å². The van der Waals surface area contributed by atoms with Crippen molar-refractivity contribution in [2.24, 2.45) is 0 Å². The van der Waals surface area contributed by atoms with E-state index in [1.807, 2.05) is 24.3 Å². The third kappa shape index (κ3) is 2.08. The van der Waals surface area contributed by atoms with Crippen LogP contribution in [0.15, 0.2) is 48.7 Å². The van der Waals surface area contributed by atoms with Gasteiger partial charge in [0.1, 0.15) is 0 Å². The molecule has 2 aromatic carbocycles. The summed E-state index contributed by atoms with van der Waals surface area (Å²) >= 11 is 0. The molecule has 0 bridgehead atoms. The largest absolute Gasteiger partial charge is 0.504 e. The fourth-order valence-corrected chi connectivity index (χ4v) is 1.93. The molecule has 3 rings (SSSR count). The Morgan fingerprint density at radius 3 is 2.63 bits per heavy atom. The van der Waals surface area contributed by atoms with E-state index in [2.05, 4.69) is 9.97 Å². The molecule has 1 N–H and O–H groups in total. The van der Waals surface area contributed by atoms with Gasteiger partial charge in [0.05, 0.1) is 30.0 Å². The first-order chi connectivity index (χ1) is 9.28. The van der Waals surface area contributed by atoms with E-state index in [0.717, 1.165) is 22.3 Å². The summed E-state index contributed by atoms with van der Waals surface area (Å²) in [5, 5.41) is 9.59. The molecule has 94 valence electrons. The summed E-state index contributed by atoms with van der Waals surface area (Å²) in [6, 6.07) is 12.8.